The molecule has 0 saturated carbocycles. The fourth-order valence-electron chi connectivity index (χ4n) is 1.95. The van der Waals surface area contributed by atoms with Gasteiger partial charge < -0.3 is 10.7 Å². The van der Waals surface area contributed by atoms with Crippen LogP contribution in [0.2, 0.25) is 0 Å². The summed E-state index contributed by atoms with van der Waals surface area (Å²) < 4.78 is 1.80. The number of nitrogens with zero attached hydrogens (tertiary/aromatic N) is 3. The lowest BCUT2D eigenvalue weighted by Crippen LogP contribution is -2.24. The van der Waals surface area contributed by atoms with E-state index in [2.05, 4.69) is 20.8 Å². The number of pyridine rings is 1. The molecule has 4 N–H and O–H groups in total. The van der Waals surface area contributed by atoms with Crippen molar-refractivity contribution in [3.05, 3.63) is 41.0 Å². The van der Waals surface area contributed by atoms with Gasteiger partial charge in [0.15, 0.2) is 0 Å². The Morgan fingerprint density at radius 2 is 2.15 bits per heavy atom. The quantitative estimate of drug-likeness (QED) is 0.561. The normalized spacial score (nSPS) is 10.4. The minimum absolute atomic E-state index is 0.226. The smallest absolute Gasteiger partial charge is 0.270 e. The Morgan fingerprint density at radius 1 is 1.40 bits per heavy atom. The Labute approximate surface area is 117 Å². The van der Waals surface area contributed by atoms with E-state index >= 15 is 0 Å². The van der Waals surface area contributed by atoms with Crippen molar-refractivity contribution in [2.45, 2.75) is 20.4 Å². The van der Waals surface area contributed by atoms with Gasteiger partial charge in [0.1, 0.15) is 5.69 Å². The number of hydrogen-bond acceptors (Lipinski definition) is 5. The molecular weight excluding hydrogens is 256 g/mol. The molecular formula is C13H18N6O. The predicted octanol–water partition coefficient (Wildman–Crippen LogP) is 0.648. The zero-order valence-electron chi connectivity index (χ0n) is 11.8. The number of nitrogen functional groups attached to an aromatic ring is 1. The van der Waals surface area contributed by atoms with Crippen LogP contribution < -0.4 is 16.6 Å². The van der Waals surface area contributed by atoms with Crippen LogP contribution in [-0.2, 0) is 13.6 Å². The van der Waals surface area contributed by atoms with Crippen LogP contribution in [0.5, 0.6) is 0 Å². The minimum Gasteiger partial charge on any atom is -0.346 e. The third kappa shape index (κ3) is 2.77. The molecule has 2 aromatic rings. The topological polar surface area (TPSA) is 97.9 Å². The van der Waals surface area contributed by atoms with Gasteiger partial charge in [-0.05, 0) is 26.0 Å². The molecule has 0 aliphatic rings. The summed E-state index contributed by atoms with van der Waals surface area (Å²) in [6, 6.07) is 3.32. The van der Waals surface area contributed by atoms with E-state index in [1.54, 1.807) is 16.8 Å². The Morgan fingerprint density at radius 3 is 2.65 bits per heavy atom. The summed E-state index contributed by atoms with van der Waals surface area (Å²) in [6.45, 7) is 4.33. The molecule has 2 rings (SSSR count). The fraction of sp³-hybridized carbons (Fsp3) is 0.308. The van der Waals surface area contributed by atoms with Crippen LogP contribution >= 0.6 is 0 Å². The van der Waals surface area contributed by atoms with E-state index in [1.807, 2.05) is 20.9 Å². The molecule has 106 valence electrons. The molecule has 0 spiro atoms. The molecule has 20 heavy (non-hydrogen) atoms. The zero-order valence-corrected chi connectivity index (χ0v) is 11.8. The summed E-state index contributed by atoms with van der Waals surface area (Å²) in [5, 5.41) is 7.15. The summed E-state index contributed by atoms with van der Waals surface area (Å²) in [5.41, 5.74) is 6.45. The third-order valence-corrected chi connectivity index (χ3v) is 3.25. The van der Waals surface area contributed by atoms with E-state index in [1.165, 1.54) is 6.20 Å². The molecule has 7 heteroatoms. The molecule has 0 saturated heterocycles. The monoisotopic (exact) mass is 274 g/mol. The number of hydrazine groups is 1. The molecule has 0 aromatic carbocycles. The van der Waals surface area contributed by atoms with Crippen LogP contribution in [0.15, 0.2) is 18.3 Å². The second-order valence-electron chi connectivity index (χ2n) is 4.53. The van der Waals surface area contributed by atoms with Gasteiger partial charge in [0.25, 0.3) is 5.91 Å². The molecule has 0 atom stereocenters. The average Bonchev–Trinajstić information content (AvgIpc) is 2.70. The predicted molar refractivity (Wildman–Crippen MR) is 75.9 cm³/mol. The van der Waals surface area contributed by atoms with Gasteiger partial charge in [-0.2, -0.15) is 5.10 Å². The first-order valence-electron chi connectivity index (χ1n) is 6.23. The molecule has 0 bridgehead atoms. The van der Waals surface area contributed by atoms with Crippen molar-refractivity contribution in [1.82, 2.24) is 20.1 Å². The summed E-state index contributed by atoms with van der Waals surface area (Å²) in [7, 11) is 1.88. The Balaban J connectivity index is 2.04. The second-order valence-corrected chi connectivity index (χ2v) is 4.53. The summed E-state index contributed by atoms with van der Waals surface area (Å²) >= 11 is 0. The lowest BCUT2D eigenvalue weighted by atomic mass is 10.2. The van der Waals surface area contributed by atoms with Crippen molar-refractivity contribution < 1.29 is 4.79 Å². The maximum Gasteiger partial charge on any atom is 0.270 e. The number of hydrogen-bond donors (Lipinski definition) is 3. The zero-order chi connectivity index (χ0) is 14.7. The van der Waals surface area contributed by atoms with E-state index in [4.69, 9.17) is 5.84 Å². The molecule has 0 radical (unpaired) electrons. The van der Waals surface area contributed by atoms with Crippen molar-refractivity contribution in [1.29, 1.82) is 0 Å². The molecule has 2 aromatic heterocycles. The van der Waals surface area contributed by atoms with E-state index in [9.17, 15) is 4.79 Å². The molecule has 1 amide bonds. The molecule has 0 fully saturated rings. The van der Waals surface area contributed by atoms with Gasteiger partial charge in [0.05, 0.1) is 17.6 Å². The SMILES string of the molecule is Cc1nn(C)c(C)c1CNC(=O)c1ccc(NN)cn1. The number of carbonyl (C=O) groups excluding carboxylic acids is 1. The van der Waals surface area contributed by atoms with Crippen LogP contribution in [0, 0.1) is 13.8 Å². The van der Waals surface area contributed by atoms with Crippen molar-refractivity contribution in [3.8, 4) is 0 Å². The fourth-order valence-corrected chi connectivity index (χ4v) is 1.95. The summed E-state index contributed by atoms with van der Waals surface area (Å²) in [6.07, 6.45) is 1.51. The number of rotatable bonds is 4. The van der Waals surface area contributed by atoms with Gasteiger partial charge in [-0.25, -0.2) is 4.98 Å². The van der Waals surface area contributed by atoms with Crippen LogP contribution in [0.4, 0.5) is 5.69 Å². The van der Waals surface area contributed by atoms with Gasteiger partial charge in [-0.3, -0.25) is 15.3 Å². The van der Waals surface area contributed by atoms with Gasteiger partial charge in [-0.15, -0.1) is 0 Å². The number of amides is 1. The highest BCUT2D eigenvalue weighted by molar-refractivity contribution is 5.92. The standard InChI is InChI=1S/C13H18N6O/c1-8-11(9(2)19(3)18-8)7-16-13(20)12-5-4-10(17-14)6-15-12/h4-6,17H,7,14H2,1-3H3,(H,16,20). The molecule has 0 aliphatic heterocycles. The van der Waals surface area contributed by atoms with Crippen LogP contribution in [-0.4, -0.2) is 20.7 Å². The maximum atomic E-state index is 12.0. The van der Waals surface area contributed by atoms with E-state index in [-0.39, 0.29) is 5.91 Å². The van der Waals surface area contributed by atoms with Gasteiger partial charge in [0, 0.05) is 24.8 Å². The van der Waals surface area contributed by atoms with Crippen molar-refractivity contribution in [2.75, 3.05) is 5.43 Å². The average molecular weight is 274 g/mol. The number of aromatic nitrogens is 3. The van der Waals surface area contributed by atoms with E-state index < -0.39 is 0 Å². The highest BCUT2D eigenvalue weighted by Crippen LogP contribution is 2.11. The molecule has 0 unspecified atom stereocenters. The van der Waals surface area contributed by atoms with Gasteiger partial charge >= 0.3 is 0 Å². The van der Waals surface area contributed by atoms with Crippen molar-refractivity contribution >= 4 is 11.6 Å². The van der Waals surface area contributed by atoms with Crippen LogP contribution in [0.1, 0.15) is 27.4 Å². The van der Waals surface area contributed by atoms with Crippen LogP contribution in [0.3, 0.4) is 0 Å². The van der Waals surface area contributed by atoms with Gasteiger partial charge in [0.2, 0.25) is 0 Å². The van der Waals surface area contributed by atoms with Crippen molar-refractivity contribution in [3.63, 3.8) is 0 Å². The van der Waals surface area contributed by atoms with Crippen molar-refractivity contribution in [2.24, 2.45) is 12.9 Å². The first-order chi connectivity index (χ1) is 9.52. The second kappa shape index (κ2) is 5.70. The Kier molecular flexibility index (Phi) is 3.99. The maximum absolute atomic E-state index is 12.0. The molecule has 2 heterocycles. The highest BCUT2D eigenvalue weighted by atomic mass is 16.1. The Bertz CT molecular complexity index is 617. The van der Waals surface area contributed by atoms with Gasteiger partial charge in [-0.1, -0.05) is 0 Å². The summed E-state index contributed by atoms with van der Waals surface area (Å²) in [5.74, 6) is 5.02. The first kappa shape index (κ1) is 14.0. The largest absolute Gasteiger partial charge is 0.346 e. The third-order valence-electron chi connectivity index (χ3n) is 3.25. The number of aryl methyl sites for hydroxylation is 2. The molecule has 0 aliphatic carbocycles. The number of nitrogens with one attached hydrogen (secondary N) is 2. The number of anilines is 1. The highest BCUT2D eigenvalue weighted by Gasteiger charge is 2.12. The minimum atomic E-state index is -0.226. The van der Waals surface area contributed by atoms with Crippen LogP contribution in [0.25, 0.3) is 0 Å². The molecule has 7 nitrogen and oxygen atoms in total. The lowest BCUT2D eigenvalue weighted by molar-refractivity contribution is 0.0946. The number of carbonyl (C=O) groups is 1. The number of nitrogens with two attached hydrogens (primary N) is 1. The first-order valence-corrected chi connectivity index (χ1v) is 6.23. The van der Waals surface area contributed by atoms with E-state index in [0.717, 1.165) is 17.0 Å². The lowest BCUT2D eigenvalue weighted by Gasteiger charge is -2.06. The Hall–Kier alpha value is -2.41. The van der Waals surface area contributed by atoms with E-state index in [0.29, 0.717) is 17.9 Å². The summed E-state index contributed by atoms with van der Waals surface area (Å²) in [4.78, 5) is 16.0.